The van der Waals surface area contributed by atoms with Crippen molar-refractivity contribution in [2.24, 2.45) is 0 Å². The molecule has 0 aliphatic heterocycles. The maximum absolute atomic E-state index is 12.0. The first-order chi connectivity index (χ1) is 10.2. The number of pyridine rings is 1. The minimum atomic E-state index is -0.190. The molecule has 0 fully saturated rings. The first kappa shape index (κ1) is 13.8. The van der Waals surface area contributed by atoms with Gasteiger partial charge in [-0.25, -0.2) is 0 Å². The van der Waals surface area contributed by atoms with Gasteiger partial charge in [-0.3, -0.25) is 4.79 Å². The Balaban J connectivity index is 1.67. The number of carbonyl (C=O) groups is 1. The number of carbonyl (C=O) groups excluding carboxylic acids is 1. The number of aromatic nitrogens is 3. The fourth-order valence-electron chi connectivity index (χ4n) is 1.76. The Morgan fingerprint density at radius 1 is 1.29 bits per heavy atom. The summed E-state index contributed by atoms with van der Waals surface area (Å²) in [5.41, 5.74) is 2.07. The minimum Gasteiger partial charge on any atom is -0.618 e. The lowest BCUT2D eigenvalue weighted by Crippen LogP contribution is -2.28. The summed E-state index contributed by atoms with van der Waals surface area (Å²) in [6.45, 7) is 0. The predicted molar refractivity (Wildman–Crippen MR) is 82.2 cm³/mol. The number of benzene rings is 1. The third kappa shape index (κ3) is 3.11. The molecule has 3 aromatic rings. The van der Waals surface area contributed by atoms with Crippen LogP contribution in [0.25, 0.3) is 11.0 Å². The zero-order chi connectivity index (χ0) is 14.7. The maximum atomic E-state index is 12.0. The van der Waals surface area contributed by atoms with E-state index < -0.39 is 0 Å². The number of amides is 1. The molecular formula is C13H10N4O2S2. The van der Waals surface area contributed by atoms with Gasteiger partial charge in [0.2, 0.25) is 5.91 Å². The monoisotopic (exact) mass is 318 g/mol. The lowest BCUT2D eigenvalue weighted by atomic mass is 10.2. The van der Waals surface area contributed by atoms with Crippen LogP contribution in [0.3, 0.4) is 0 Å². The normalized spacial score (nSPS) is 10.7. The topological polar surface area (TPSA) is 81.8 Å². The Morgan fingerprint density at radius 3 is 3.05 bits per heavy atom. The van der Waals surface area contributed by atoms with Gasteiger partial charge in [-0.05, 0) is 30.0 Å². The van der Waals surface area contributed by atoms with Gasteiger partial charge < -0.3 is 10.5 Å². The van der Waals surface area contributed by atoms with Gasteiger partial charge >= 0.3 is 0 Å². The highest BCUT2D eigenvalue weighted by atomic mass is 32.2. The van der Waals surface area contributed by atoms with E-state index >= 15 is 0 Å². The van der Waals surface area contributed by atoms with Gasteiger partial charge in [0.25, 0.3) is 5.03 Å². The highest BCUT2D eigenvalue weighted by Crippen LogP contribution is 2.21. The number of rotatable bonds is 4. The summed E-state index contributed by atoms with van der Waals surface area (Å²) >= 11 is 2.29. The molecule has 0 aliphatic carbocycles. The van der Waals surface area contributed by atoms with Crippen molar-refractivity contribution in [1.82, 2.24) is 8.75 Å². The molecular weight excluding hydrogens is 308 g/mol. The van der Waals surface area contributed by atoms with Crippen molar-refractivity contribution in [3.8, 4) is 0 Å². The van der Waals surface area contributed by atoms with E-state index in [0.29, 0.717) is 16.2 Å². The molecule has 0 bridgehead atoms. The highest BCUT2D eigenvalue weighted by molar-refractivity contribution is 7.99. The molecule has 1 amide bonds. The third-order valence-corrected chi connectivity index (χ3v) is 4.26. The Bertz CT molecular complexity index is 790. The average molecular weight is 318 g/mol. The van der Waals surface area contributed by atoms with Gasteiger partial charge in [0, 0.05) is 12.1 Å². The quantitative estimate of drug-likeness (QED) is 0.452. The van der Waals surface area contributed by atoms with Crippen LogP contribution in [-0.4, -0.2) is 20.4 Å². The largest absolute Gasteiger partial charge is 0.618 e. The van der Waals surface area contributed by atoms with Gasteiger partial charge in [0.05, 0.1) is 23.2 Å². The second-order valence-corrected chi connectivity index (χ2v) is 5.66. The second kappa shape index (κ2) is 6.06. The van der Waals surface area contributed by atoms with Gasteiger partial charge in [-0.15, -0.1) is 0 Å². The molecule has 1 N–H and O–H groups in total. The molecule has 8 heteroatoms. The van der Waals surface area contributed by atoms with E-state index in [0.717, 1.165) is 22.0 Å². The Morgan fingerprint density at radius 2 is 2.19 bits per heavy atom. The molecule has 106 valence electrons. The van der Waals surface area contributed by atoms with Crippen molar-refractivity contribution in [3.63, 3.8) is 0 Å². The van der Waals surface area contributed by atoms with Crippen LogP contribution >= 0.6 is 23.5 Å². The first-order valence-corrected chi connectivity index (χ1v) is 7.78. The average Bonchev–Trinajstić information content (AvgIpc) is 2.96. The number of hydrogen-bond acceptors (Lipinski definition) is 6. The molecule has 0 atom stereocenters. The number of thioether (sulfide) groups is 1. The predicted octanol–water partition coefficient (Wildman–Crippen LogP) is 2.06. The van der Waals surface area contributed by atoms with Crippen molar-refractivity contribution < 1.29 is 9.52 Å². The zero-order valence-corrected chi connectivity index (χ0v) is 12.4. The van der Waals surface area contributed by atoms with Crippen LogP contribution in [-0.2, 0) is 4.79 Å². The van der Waals surface area contributed by atoms with Gasteiger partial charge in [-0.1, -0.05) is 6.07 Å². The van der Waals surface area contributed by atoms with Crippen LogP contribution < -0.4 is 10.0 Å². The van der Waals surface area contributed by atoms with E-state index in [1.54, 1.807) is 24.3 Å². The fraction of sp³-hybridized carbons (Fsp3) is 0.0769. The number of nitrogens with one attached hydrogen (secondary N) is 1. The number of hydrogen-bond donors (Lipinski definition) is 1. The molecule has 0 unspecified atom stereocenters. The Labute approximate surface area is 128 Å². The molecule has 1 aromatic carbocycles. The standard InChI is InChI=1S/C13H10N4O2S2/c18-11(8-20-12-6-1-2-7-17(12)19)14-9-4-3-5-10-13(9)16-21-15-10/h1-7H,8H2,(H,14,18). The summed E-state index contributed by atoms with van der Waals surface area (Å²) in [4.78, 5) is 12.0. The smallest absolute Gasteiger partial charge is 0.251 e. The molecule has 6 nitrogen and oxygen atoms in total. The molecule has 0 aliphatic rings. The summed E-state index contributed by atoms with van der Waals surface area (Å²) in [5, 5.41) is 14.8. The summed E-state index contributed by atoms with van der Waals surface area (Å²) in [7, 11) is 0. The number of fused-ring (bicyclic) bond motifs is 1. The summed E-state index contributed by atoms with van der Waals surface area (Å²) in [6.07, 6.45) is 1.40. The van der Waals surface area contributed by atoms with E-state index in [2.05, 4.69) is 14.1 Å². The highest BCUT2D eigenvalue weighted by Gasteiger charge is 2.11. The minimum absolute atomic E-state index is 0.153. The van der Waals surface area contributed by atoms with Crippen molar-refractivity contribution in [2.45, 2.75) is 5.03 Å². The van der Waals surface area contributed by atoms with Crippen molar-refractivity contribution in [1.29, 1.82) is 0 Å². The lowest BCUT2D eigenvalue weighted by molar-refractivity contribution is -0.645. The van der Waals surface area contributed by atoms with Crippen LogP contribution in [0.2, 0.25) is 0 Å². The Hall–Kier alpha value is -2.19. The van der Waals surface area contributed by atoms with E-state index in [-0.39, 0.29) is 11.7 Å². The van der Waals surface area contributed by atoms with Crippen LogP contribution in [0.4, 0.5) is 5.69 Å². The molecule has 0 saturated heterocycles. The molecule has 0 saturated carbocycles. The SMILES string of the molecule is O=C(CSc1cccc[n+]1[O-])Nc1cccc2nsnc12. The van der Waals surface area contributed by atoms with Crippen molar-refractivity contribution in [3.05, 3.63) is 47.8 Å². The molecule has 2 heterocycles. The second-order valence-electron chi connectivity index (χ2n) is 4.14. The van der Waals surface area contributed by atoms with Crippen molar-refractivity contribution >= 4 is 46.1 Å². The van der Waals surface area contributed by atoms with E-state index in [4.69, 9.17) is 0 Å². The summed E-state index contributed by atoms with van der Waals surface area (Å²) in [6, 6.07) is 10.5. The van der Waals surface area contributed by atoms with E-state index in [1.807, 2.05) is 12.1 Å². The van der Waals surface area contributed by atoms with Crippen LogP contribution in [0.1, 0.15) is 0 Å². The fourth-order valence-corrected chi connectivity index (χ4v) is 3.02. The molecule has 0 spiro atoms. The molecule has 0 radical (unpaired) electrons. The van der Waals surface area contributed by atoms with Gasteiger partial charge in [0.1, 0.15) is 11.0 Å². The van der Waals surface area contributed by atoms with Crippen LogP contribution in [0.5, 0.6) is 0 Å². The zero-order valence-electron chi connectivity index (χ0n) is 10.7. The van der Waals surface area contributed by atoms with E-state index in [1.165, 1.54) is 18.0 Å². The van der Waals surface area contributed by atoms with Crippen molar-refractivity contribution in [2.75, 3.05) is 11.1 Å². The Kier molecular flexibility index (Phi) is 3.98. The van der Waals surface area contributed by atoms with Crippen LogP contribution in [0.15, 0.2) is 47.6 Å². The molecule has 3 rings (SSSR count). The lowest BCUT2D eigenvalue weighted by Gasteiger charge is -2.05. The molecule has 2 aromatic heterocycles. The maximum Gasteiger partial charge on any atom is 0.251 e. The third-order valence-electron chi connectivity index (χ3n) is 2.70. The van der Waals surface area contributed by atoms with E-state index in [9.17, 15) is 10.0 Å². The van der Waals surface area contributed by atoms with Gasteiger partial charge in [-0.2, -0.15) is 13.5 Å². The van der Waals surface area contributed by atoms with Crippen LogP contribution in [0, 0.1) is 5.21 Å². The summed E-state index contributed by atoms with van der Waals surface area (Å²) < 4.78 is 9.02. The van der Waals surface area contributed by atoms with Gasteiger partial charge in [0.15, 0.2) is 6.20 Å². The summed E-state index contributed by atoms with van der Waals surface area (Å²) in [5.74, 6) is -0.0374. The number of anilines is 1. The first-order valence-electron chi connectivity index (χ1n) is 6.06. The number of nitrogens with zero attached hydrogens (tertiary/aromatic N) is 3. The molecule has 21 heavy (non-hydrogen) atoms.